The van der Waals surface area contributed by atoms with Crippen molar-refractivity contribution in [1.82, 2.24) is 0 Å². The monoisotopic (exact) mass is 366 g/mol. The van der Waals surface area contributed by atoms with Gasteiger partial charge >= 0.3 is 0 Å². The van der Waals surface area contributed by atoms with Crippen LogP contribution in [-0.2, 0) is 0 Å². The minimum Gasteiger partial charge on any atom is -0.389 e. The number of carbonyl (C=O) groups excluding carboxylic acids is 1. The fraction of sp³-hybridized carbons (Fsp3) is 0.0667. The van der Waals surface area contributed by atoms with E-state index in [4.69, 9.17) is 18.0 Å². The van der Waals surface area contributed by atoms with E-state index in [0.29, 0.717) is 15.7 Å². The normalized spacial score (nSPS) is 10.2. The highest BCUT2D eigenvalue weighted by atomic mass is 79.9. The van der Waals surface area contributed by atoms with Crippen LogP contribution in [0.5, 0.6) is 0 Å². The summed E-state index contributed by atoms with van der Waals surface area (Å²) < 4.78 is 14.2. The highest BCUT2D eigenvalue weighted by Crippen LogP contribution is 2.21. The molecule has 1 amide bonds. The first-order chi connectivity index (χ1) is 9.88. The predicted molar refractivity (Wildman–Crippen MR) is 89.1 cm³/mol. The third-order valence-corrected chi connectivity index (χ3v) is 3.77. The van der Waals surface area contributed by atoms with Crippen LogP contribution in [-0.4, -0.2) is 10.9 Å². The van der Waals surface area contributed by atoms with Gasteiger partial charge in [0.1, 0.15) is 10.8 Å². The molecule has 0 unspecified atom stereocenters. The van der Waals surface area contributed by atoms with Crippen LogP contribution in [0.1, 0.15) is 21.5 Å². The number of carbonyl (C=O) groups is 1. The van der Waals surface area contributed by atoms with Crippen LogP contribution < -0.4 is 11.1 Å². The SMILES string of the molecule is Cc1ccc(Br)c(C(=O)Nc2ccc(F)c(C(N)=S)c2)c1. The standard InChI is InChI=1S/C15H12BrFN2OS/c1-8-2-4-12(16)10(6-8)15(20)19-9-3-5-13(17)11(7-9)14(18)21/h2-7H,1H3,(H2,18,21)(H,19,20). The van der Waals surface area contributed by atoms with Gasteiger partial charge in [0.2, 0.25) is 0 Å². The number of rotatable bonds is 3. The molecule has 0 spiro atoms. The Bertz CT molecular complexity index is 734. The first-order valence-corrected chi connectivity index (χ1v) is 7.25. The first-order valence-electron chi connectivity index (χ1n) is 6.05. The molecule has 0 saturated heterocycles. The lowest BCUT2D eigenvalue weighted by molar-refractivity contribution is 0.102. The van der Waals surface area contributed by atoms with E-state index in [1.54, 1.807) is 12.1 Å². The zero-order chi connectivity index (χ0) is 15.6. The molecule has 0 bridgehead atoms. The summed E-state index contributed by atoms with van der Waals surface area (Å²) in [5.41, 5.74) is 7.43. The van der Waals surface area contributed by atoms with Crippen LogP contribution in [0, 0.1) is 12.7 Å². The van der Waals surface area contributed by atoms with E-state index in [1.165, 1.54) is 18.2 Å². The molecular weight excluding hydrogens is 355 g/mol. The van der Waals surface area contributed by atoms with Gasteiger partial charge in [-0.1, -0.05) is 23.8 Å². The summed E-state index contributed by atoms with van der Waals surface area (Å²) in [6.45, 7) is 1.89. The first kappa shape index (κ1) is 15.6. The summed E-state index contributed by atoms with van der Waals surface area (Å²) in [6, 6.07) is 9.55. The topological polar surface area (TPSA) is 55.1 Å². The molecule has 2 aromatic carbocycles. The molecule has 0 radical (unpaired) electrons. The van der Waals surface area contributed by atoms with Crippen molar-refractivity contribution < 1.29 is 9.18 Å². The van der Waals surface area contributed by atoms with Gasteiger partial charge in [-0.05, 0) is 53.2 Å². The number of benzene rings is 2. The van der Waals surface area contributed by atoms with E-state index in [1.807, 2.05) is 13.0 Å². The molecule has 3 nitrogen and oxygen atoms in total. The Morgan fingerprint density at radius 1 is 1.24 bits per heavy atom. The van der Waals surface area contributed by atoms with Crippen LogP contribution in [0.25, 0.3) is 0 Å². The summed E-state index contributed by atoms with van der Waals surface area (Å²) in [4.78, 5) is 12.2. The molecule has 6 heteroatoms. The Balaban J connectivity index is 2.29. The Labute approximate surface area is 135 Å². The van der Waals surface area contributed by atoms with Crippen LogP contribution >= 0.6 is 28.1 Å². The van der Waals surface area contributed by atoms with E-state index in [-0.39, 0.29) is 16.5 Å². The third kappa shape index (κ3) is 3.65. The number of thiocarbonyl (C=S) groups is 1. The molecule has 21 heavy (non-hydrogen) atoms. The van der Waals surface area contributed by atoms with Crippen LogP contribution in [0.2, 0.25) is 0 Å². The number of hydrogen-bond acceptors (Lipinski definition) is 2. The van der Waals surface area contributed by atoms with Gasteiger partial charge in [0.05, 0.1) is 5.56 Å². The van der Waals surface area contributed by atoms with Gasteiger partial charge in [0.25, 0.3) is 5.91 Å². The predicted octanol–water partition coefficient (Wildman–Crippen LogP) is 3.78. The Morgan fingerprint density at radius 3 is 2.62 bits per heavy atom. The molecule has 2 rings (SSSR count). The molecule has 0 heterocycles. The van der Waals surface area contributed by atoms with Gasteiger partial charge in [-0.15, -0.1) is 0 Å². The number of hydrogen-bond donors (Lipinski definition) is 2. The van der Waals surface area contributed by atoms with E-state index in [0.717, 1.165) is 5.56 Å². The van der Waals surface area contributed by atoms with Crippen molar-refractivity contribution in [3.05, 3.63) is 63.4 Å². The highest BCUT2D eigenvalue weighted by molar-refractivity contribution is 9.10. The molecule has 0 saturated carbocycles. The molecule has 2 aromatic rings. The van der Waals surface area contributed by atoms with Gasteiger partial charge in [-0.2, -0.15) is 0 Å². The summed E-state index contributed by atoms with van der Waals surface area (Å²) >= 11 is 8.10. The number of nitrogens with one attached hydrogen (secondary N) is 1. The Kier molecular flexibility index (Phi) is 4.69. The summed E-state index contributed by atoms with van der Waals surface area (Å²) in [5, 5.41) is 2.70. The maximum Gasteiger partial charge on any atom is 0.256 e. The van der Waals surface area contributed by atoms with Gasteiger partial charge < -0.3 is 11.1 Å². The van der Waals surface area contributed by atoms with Crippen molar-refractivity contribution >= 4 is 44.7 Å². The minimum absolute atomic E-state index is 0.0552. The summed E-state index contributed by atoms with van der Waals surface area (Å²) in [7, 11) is 0. The lowest BCUT2D eigenvalue weighted by Crippen LogP contribution is -2.15. The van der Waals surface area contributed by atoms with Crippen LogP contribution in [0.15, 0.2) is 40.9 Å². The van der Waals surface area contributed by atoms with E-state index in [2.05, 4.69) is 21.2 Å². The van der Waals surface area contributed by atoms with E-state index >= 15 is 0 Å². The van der Waals surface area contributed by atoms with Crippen molar-refractivity contribution in [3.63, 3.8) is 0 Å². The van der Waals surface area contributed by atoms with Gasteiger partial charge in [0, 0.05) is 15.7 Å². The van der Waals surface area contributed by atoms with Crippen molar-refractivity contribution in [2.75, 3.05) is 5.32 Å². The van der Waals surface area contributed by atoms with Gasteiger partial charge in [-0.25, -0.2) is 4.39 Å². The molecule has 108 valence electrons. The van der Waals surface area contributed by atoms with E-state index in [9.17, 15) is 9.18 Å². The second-order valence-corrected chi connectivity index (χ2v) is 5.79. The molecule has 0 aliphatic carbocycles. The van der Waals surface area contributed by atoms with Crippen molar-refractivity contribution in [3.8, 4) is 0 Å². The average molecular weight is 367 g/mol. The lowest BCUT2D eigenvalue weighted by atomic mass is 10.1. The minimum atomic E-state index is -0.516. The Morgan fingerprint density at radius 2 is 1.95 bits per heavy atom. The Hall–Kier alpha value is -1.79. The van der Waals surface area contributed by atoms with Crippen LogP contribution in [0.4, 0.5) is 10.1 Å². The quantitative estimate of drug-likeness (QED) is 0.812. The fourth-order valence-electron chi connectivity index (χ4n) is 1.80. The summed E-state index contributed by atoms with van der Waals surface area (Å²) in [5.74, 6) is -0.816. The number of anilines is 1. The molecule has 0 atom stereocenters. The number of halogens is 2. The zero-order valence-corrected chi connectivity index (χ0v) is 13.5. The largest absolute Gasteiger partial charge is 0.389 e. The zero-order valence-electron chi connectivity index (χ0n) is 11.1. The van der Waals surface area contributed by atoms with E-state index < -0.39 is 5.82 Å². The lowest BCUT2D eigenvalue weighted by Gasteiger charge is -2.09. The molecular formula is C15H12BrFN2OS. The second-order valence-electron chi connectivity index (χ2n) is 4.50. The number of amides is 1. The molecule has 0 aromatic heterocycles. The van der Waals surface area contributed by atoms with Crippen molar-refractivity contribution in [2.45, 2.75) is 6.92 Å². The maximum absolute atomic E-state index is 13.5. The average Bonchev–Trinajstić information content (AvgIpc) is 2.43. The molecule has 0 aliphatic rings. The fourth-order valence-corrected chi connectivity index (χ4v) is 2.39. The molecule has 0 fully saturated rings. The number of aryl methyl sites for hydroxylation is 1. The smallest absolute Gasteiger partial charge is 0.256 e. The maximum atomic E-state index is 13.5. The molecule has 0 aliphatic heterocycles. The third-order valence-electron chi connectivity index (χ3n) is 2.86. The highest BCUT2D eigenvalue weighted by Gasteiger charge is 2.12. The van der Waals surface area contributed by atoms with Crippen molar-refractivity contribution in [2.24, 2.45) is 5.73 Å². The number of nitrogens with two attached hydrogens (primary N) is 1. The second kappa shape index (κ2) is 6.32. The van der Waals surface area contributed by atoms with Crippen molar-refractivity contribution in [1.29, 1.82) is 0 Å². The van der Waals surface area contributed by atoms with Gasteiger partial charge in [0.15, 0.2) is 0 Å². The van der Waals surface area contributed by atoms with Crippen LogP contribution in [0.3, 0.4) is 0 Å². The van der Waals surface area contributed by atoms with Gasteiger partial charge in [-0.3, -0.25) is 4.79 Å². The summed E-state index contributed by atoms with van der Waals surface area (Å²) in [6.07, 6.45) is 0. The molecule has 3 N–H and O–H groups in total.